The fourth-order valence-electron chi connectivity index (χ4n) is 1.61. The second kappa shape index (κ2) is 6.33. The summed E-state index contributed by atoms with van der Waals surface area (Å²) in [6.45, 7) is 1.29. The molecular weight excluding hydrogens is 310 g/mol. The van der Waals surface area contributed by atoms with E-state index < -0.39 is 0 Å². The molecule has 7 heteroatoms. The number of aryl methyl sites for hydroxylation is 1. The van der Waals surface area contributed by atoms with Crippen LogP contribution in [0, 0.1) is 0 Å². The van der Waals surface area contributed by atoms with Crippen LogP contribution in [0.4, 0.5) is 5.69 Å². The van der Waals surface area contributed by atoms with Crippen LogP contribution in [0.25, 0.3) is 0 Å². The number of amides is 1. The summed E-state index contributed by atoms with van der Waals surface area (Å²) in [7, 11) is 0. The van der Waals surface area contributed by atoms with Gasteiger partial charge in [-0.2, -0.15) is 0 Å². The summed E-state index contributed by atoms with van der Waals surface area (Å²) in [5, 5.41) is 10.4. The van der Waals surface area contributed by atoms with E-state index in [0.29, 0.717) is 17.8 Å². The molecular formula is C12H14BrN5O. The lowest BCUT2D eigenvalue weighted by molar-refractivity contribution is 0.0952. The van der Waals surface area contributed by atoms with Gasteiger partial charge in [0.15, 0.2) is 0 Å². The molecule has 0 saturated heterocycles. The molecule has 2 rings (SSSR count). The molecule has 0 radical (unpaired) electrons. The topological polar surface area (TPSA) is 85.8 Å². The average molecular weight is 324 g/mol. The molecule has 0 aliphatic heterocycles. The maximum absolute atomic E-state index is 11.9. The van der Waals surface area contributed by atoms with Gasteiger partial charge in [-0.25, -0.2) is 0 Å². The summed E-state index contributed by atoms with van der Waals surface area (Å²) in [5.41, 5.74) is 6.77. The first-order chi connectivity index (χ1) is 9.16. The van der Waals surface area contributed by atoms with Crippen LogP contribution in [0.1, 0.15) is 16.8 Å². The molecule has 0 atom stereocenters. The monoisotopic (exact) mass is 323 g/mol. The van der Waals surface area contributed by atoms with Crippen LogP contribution in [-0.4, -0.2) is 27.4 Å². The zero-order chi connectivity index (χ0) is 13.7. The number of benzene rings is 1. The highest BCUT2D eigenvalue weighted by molar-refractivity contribution is 9.10. The van der Waals surface area contributed by atoms with Gasteiger partial charge in [-0.15, -0.1) is 5.10 Å². The largest absolute Gasteiger partial charge is 0.399 e. The zero-order valence-corrected chi connectivity index (χ0v) is 11.8. The van der Waals surface area contributed by atoms with Gasteiger partial charge in [-0.1, -0.05) is 5.21 Å². The maximum Gasteiger partial charge on any atom is 0.252 e. The van der Waals surface area contributed by atoms with Crippen molar-refractivity contribution in [2.24, 2.45) is 0 Å². The lowest BCUT2D eigenvalue weighted by Gasteiger charge is -2.07. The number of nitrogens with two attached hydrogens (primary N) is 1. The summed E-state index contributed by atoms with van der Waals surface area (Å²) in [6, 6.07) is 5.15. The van der Waals surface area contributed by atoms with E-state index in [4.69, 9.17) is 5.73 Å². The predicted molar refractivity (Wildman–Crippen MR) is 75.5 cm³/mol. The van der Waals surface area contributed by atoms with Gasteiger partial charge in [-0.05, 0) is 40.5 Å². The molecule has 6 nitrogen and oxygen atoms in total. The van der Waals surface area contributed by atoms with E-state index in [0.717, 1.165) is 17.4 Å². The first-order valence-corrected chi connectivity index (χ1v) is 6.63. The molecule has 0 fully saturated rings. The number of nitrogen functional groups attached to an aromatic ring is 1. The molecule has 1 heterocycles. The third-order valence-electron chi connectivity index (χ3n) is 2.56. The van der Waals surface area contributed by atoms with Crippen LogP contribution in [-0.2, 0) is 6.54 Å². The van der Waals surface area contributed by atoms with Crippen molar-refractivity contribution in [1.82, 2.24) is 20.3 Å². The van der Waals surface area contributed by atoms with Crippen molar-refractivity contribution in [3.05, 3.63) is 40.6 Å². The molecule has 2 aromatic rings. The number of nitrogens with zero attached hydrogens (tertiary/aromatic N) is 3. The van der Waals surface area contributed by atoms with Crippen molar-refractivity contribution < 1.29 is 4.79 Å². The second-order valence-corrected chi connectivity index (χ2v) is 4.87. The van der Waals surface area contributed by atoms with Crippen molar-refractivity contribution in [1.29, 1.82) is 0 Å². The molecule has 1 aromatic heterocycles. The maximum atomic E-state index is 11.9. The standard InChI is InChI=1S/C12H14BrN5O/c13-11-3-2-9(14)8-10(11)12(19)15-4-1-6-18-7-5-16-17-18/h2-3,5,7-8H,1,4,6,14H2,(H,15,19). The Morgan fingerprint density at radius 3 is 3.05 bits per heavy atom. The molecule has 19 heavy (non-hydrogen) atoms. The zero-order valence-electron chi connectivity index (χ0n) is 10.2. The van der Waals surface area contributed by atoms with Crippen LogP contribution in [0.5, 0.6) is 0 Å². The number of nitrogens with one attached hydrogen (secondary N) is 1. The van der Waals surface area contributed by atoms with Gasteiger partial charge in [0.05, 0.1) is 11.8 Å². The number of aromatic nitrogens is 3. The highest BCUT2D eigenvalue weighted by atomic mass is 79.9. The van der Waals surface area contributed by atoms with Gasteiger partial charge >= 0.3 is 0 Å². The number of carbonyl (C=O) groups excluding carboxylic acids is 1. The Bertz CT molecular complexity index is 555. The van der Waals surface area contributed by atoms with E-state index in [1.165, 1.54) is 0 Å². The number of anilines is 1. The first-order valence-electron chi connectivity index (χ1n) is 5.84. The van der Waals surface area contributed by atoms with Crippen molar-refractivity contribution in [2.75, 3.05) is 12.3 Å². The van der Waals surface area contributed by atoms with E-state index in [2.05, 4.69) is 31.6 Å². The predicted octanol–water partition coefficient (Wildman–Crippen LogP) is 1.44. The molecule has 3 N–H and O–H groups in total. The smallest absolute Gasteiger partial charge is 0.252 e. The van der Waals surface area contributed by atoms with Crippen LogP contribution < -0.4 is 11.1 Å². The summed E-state index contributed by atoms with van der Waals surface area (Å²) in [6.07, 6.45) is 4.20. The number of carbonyl (C=O) groups is 1. The summed E-state index contributed by atoms with van der Waals surface area (Å²) in [4.78, 5) is 11.9. The summed E-state index contributed by atoms with van der Waals surface area (Å²) in [5.74, 6) is -0.141. The van der Waals surface area contributed by atoms with Crippen LogP contribution in [0.2, 0.25) is 0 Å². The van der Waals surface area contributed by atoms with E-state index in [1.807, 2.05) is 0 Å². The van der Waals surface area contributed by atoms with Gasteiger partial charge < -0.3 is 11.1 Å². The Labute approximate surface area is 119 Å². The summed E-state index contributed by atoms with van der Waals surface area (Å²) < 4.78 is 2.46. The van der Waals surface area contributed by atoms with E-state index in [9.17, 15) is 4.79 Å². The molecule has 0 aliphatic rings. The van der Waals surface area contributed by atoms with Gasteiger partial charge in [0.2, 0.25) is 0 Å². The van der Waals surface area contributed by atoms with Crippen LogP contribution in [0.3, 0.4) is 0 Å². The highest BCUT2D eigenvalue weighted by Gasteiger charge is 2.09. The first kappa shape index (κ1) is 13.5. The van der Waals surface area contributed by atoms with Crippen LogP contribution in [0.15, 0.2) is 35.1 Å². The van der Waals surface area contributed by atoms with Gasteiger partial charge in [0, 0.05) is 29.4 Å². The van der Waals surface area contributed by atoms with E-state index in [1.54, 1.807) is 35.3 Å². The molecule has 0 spiro atoms. The molecule has 0 bridgehead atoms. The van der Waals surface area contributed by atoms with Crippen molar-refractivity contribution >= 4 is 27.5 Å². The molecule has 1 amide bonds. The number of hydrogen-bond acceptors (Lipinski definition) is 4. The Hall–Kier alpha value is -1.89. The fourth-order valence-corrected chi connectivity index (χ4v) is 2.03. The third-order valence-corrected chi connectivity index (χ3v) is 3.25. The average Bonchev–Trinajstić information content (AvgIpc) is 2.90. The number of halogens is 1. The van der Waals surface area contributed by atoms with Gasteiger partial charge in [0.25, 0.3) is 5.91 Å². The van der Waals surface area contributed by atoms with Gasteiger partial charge in [0.1, 0.15) is 0 Å². The Morgan fingerprint density at radius 2 is 2.32 bits per heavy atom. The molecule has 0 saturated carbocycles. The number of hydrogen-bond donors (Lipinski definition) is 2. The molecule has 0 unspecified atom stereocenters. The van der Waals surface area contributed by atoms with Crippen molar-refractivity contribution in [2.45, 2.75) is 13.0 Å². The summed E-state index contributed by atoms with van der Waals surface area (Å²) >= 11 is 3.33. The van der Waals surface area contributed by atoms with E-state index >= 15 is 0 Å². The Morgan fingerprint density at radius 1 is 1.47 bits per heavy atom. The Balaban J connectivity index is 1.82. The Kier molecular flexibility index (Phi) is 4.51. The lowest BCUT2D eigenvalue weighted by Crippen LogP contribution is -2.25. The van der Waals surface area contributed by atoms with Crippen LogP contribution >= 0.6 is 15.9 Å². The fraction of sp³-hybridized carbons (Fsp3) is 0.250. The number of rotatable bonds is 5. The minimum Gasteiger partial charge on any atom is -0.399 e. The van der Waals surface area contributed by atoms with E-state index in [-0.39, 0.29) is 5.91 Å². The highest BCUT2D eigenvalue weighted by Crippen LogP contribution is 2.19. The SMILES string of the molecule is Nc1ccc(Br)c(C(=O)NCCCn2ccnn2)c1. The minimum atomic E-state index is -0.141. The second-order valence-electron chi connectivity index (χ2n) is 4.01. The van der Waals surface area contributed by atoms with Gasteiger partial charge in [-0.3, -0.25) is 9.48 Å². The molecule has 100 valence electrons. The van der Waals surface area contributed by atoms with Crippen molar-refractivity contribution in [3.63, 3.8) is 0 Å². The molecule has 0 aliphatic carbocycles. The quantitative estimate of drug-likeness (QED) is 0.644. The minimum absolute atomic E-state index is 0.141. The van der Waals surface area contributed by atoms with Crippen molar-refractivity contribution in [3.8, 4) is 0 Å². The molecule has 1 aromatic carbocycles. The lowest BCUT2D eigenvalue weighted by atomic mass is 10.2. The normalized spacial score (nSPS) is 10.4. The third kappa shape index (κ3) is 3.78.